The minimum atomic E-state index is -0.248. The monoisotopic (exact) mass is 394 g/mol. The van der Waals surface area contributed by atoms with Crippen LogP contribution in [-0.2, 0) is 22.7 Å². The van der Waals surface area contributed by atoms with Gasteiger partial charge in [0.25, 0.3) is 0 Å². The molecule has 9 nitrogen and oxygen atoms in total. The van der Waals surface area contributed by atoms with E-state index in [0.717, 1.165) is 0 Å². The number of carbonyl (C=O) groups is 2. The van der Waals surface area contributed by atoms with Crippen molar-refractivity contribution in [2.45, 2.75) is 18.3 Å². The Morgan fingerprint density at radius 1 is 1.22 bits per heavy atom. The second kappa shape index (κ2) is 9.83. The van der Waals surface area contributed by atoms with Crippen molar-refractivity contribution in [3.05, 3.63) is 30.1 Å². The fourth-order valence-electron chi connectivity index (χ4n) is 2.27. The zero-order chi connectivity index (χ0) is 19.8. The van der Waals surface area contributed by atoms with Crippen LogP contribution < -0.4 is 20.1 Å². The number of carbonyl (C=O) groups excluding carboxylic acids is 2. The zero-order valence-electron chi connectivity index (χ0n) is 15.3. The van der Waals surface area contributed by atoms with Crippen molar-refractivity contribution in [3.63, 3.8) is 0 Å². The Kier molecular flexibility index (Phi) is 7.50. The Hall–Kier alpha value is -2.72. The molecule has 0 fully saturated rings. The van der Waals surface area contributed by atoms with Gasteiger partial charge in [0.1, 0.15) is 6.54 Å². The van der Waals surface area contributed by atoms with E-state index in [2.05, 4.69) is 15.6 Å². The lowest BCUT2D eigenvalue weighted by atomic mass is 10.2. The van der Waals surface area contributed by atoms with Crippen LogP contribution in [0.15, 0.2) is 29.6 Å². The summed E-state index contributed by atoms with van der Waals surface area (Å²) < 4.78 is 11.9. The van der Waals surface area contributed by atoms with E-state index < -0.39 is 0 Å². The molecule has 0 bridgehead atoms. The van der Waals surface area contributed by atoms with Crippen LogP contribution in [0.5, 0.6) is 11.5 Å². The average Bonchev–Trinajstić information content (AvgIpc) is 3.07. The summed E-state index contributed by atoms with van der Waals surface area (Å²) in [5.74, 6) is 0.699. The molecule has 0 aliphatic heterocycles. The molecule has 1 aromatic heterocycles. The highest BCUT2D eigenvalue weighted by Gasteiger charge is 2.15. The van der Waals surface area contributed by atoms with Gasteiger partial charge < -0.3 is 29.8 Å². The van der Waals surface area contributed by atoms with Crippen molar-refractivity contribution in [3.8, 4) is 11.5 Å². The molecule has 1 aromatic carbocycles. The second-order valence-electron chi connectivity index (χ2n) is 5.36. The SMILES string of the molecule is CNC(=O)Cn1c(CO)cnc1SCC(=O)Nc1ccc(OC)c(OC)c1. The van der Waals surface area contributed by atoms with Crippen molar-refractivity contribution in [2.75, 3.05) is 32.3 Å². The van der Waals surface area contributed by atoms with Crippen LogP contribution in [0.1, 0.15) is 5.69 Å². The quantitative estimate of drug-likeness (QED) is 0.541. The molecule has 0 saturated heterocycles. The van der Waals surface area contributed by atoms with Crippen molar-refractivity contribution in [2.24, 2.45) is 0 Å². The number of anilines is 1. The van der Waals surface area contributed by atoms with E-state index in [1.165, 1.54) is 39.2 Å². The molecule has 0 aliphatic carbocycles. The van der Waals surface area contributed by atoms with Gasteiger partial charge in [-0.15, -0.1) is 0 Å². The number of aromatic nitrogens is 2. The first kappa shape index (κ1) is 20.6. The third-order valence-electron chi connectivity index (χ3n) is 3.64. The van der Waals surface area contributed by atoms with Crippen LogP contribution in [0.4, 0.5) is 5.69 Å². The third kappa shape index (κ3) is 5.38. The van der Waals surface area contributed by atoms with Crippen LogP contribution >= 0.6 is 11.8 Å². The molecule has 0 spiro atoms. The lowest BCUT2D eigenvalue weighted by Gasteiger charge is -2.11. The van der Waals surface area contributed by atoms with Crippen molar-refractivity contribution in [1.29, 1.82) is 0 Å². The van der Waals surface area contributed by atoms with Crippen molar-refractivity contribution in [1.82, 2.24) is 14.9 Å². The summed E-state index contributed by atoms with van der Waals surface area (Å²) in [7, 11) is 4.58. The maximum atomic E-state index is 12.2. The van der Waals surface area contributed by atoms with Crippen molar-refractivity contribution < 1.29 is 24.2 Å². The van der Waals surface area contributed by atoms with Crippen LogP contribution in [0.25, 0.3) is 0 Å². The zero-order valence-corrected chi connectivity index (χ0v) is 16.1. The Morgan fingerprint density at radius 2 is 1.96 bits per heavy atom. The second-order valence-corrected chi connectivity index (χ2v) is 6.30. The van der Waals surface area contributed by atoms with E-state index in [9.17, 15) is 14.7 Å². The number of ether oxygens (including phenoxy) is 2. The van der Waals surface area contributed by atoms with Crippen LogP contribution in [0, 0.1) is 0 Å². The topological polar surface area (TPSA) is 115 Å². The smallest absolute Gasteiger partial charge is 0.239 e. The van der Waals surface area contributed by atoms with Gasteiger partial charge >= 0.3 is 0 Å². The standard InChI is InChI=1S/C17H22N4O5S/c1-18-15(23)8-21-12(9-22)7-19-17(21)27-10-16(24)20-11-4-5-13(25-2)14(6-11)26-3/h4-7,22H,8-10H2,1-3H3,(H,18,23)(H,20,24). The number of aliphatic hydroxyl groups is 1. The molecule has 2 rings (SSSR count). The molecule has 0 saturated carbocycles. The first-order valence-electron chi connectivity index (χ1n) is 8.02. The van der Waals surface area contributed by atoms with Crippen LogP contribution in [0.2, 0.25) is 0 Å². The molecular formula is C17H22N4O5S. The molecule has 3 N–H and O–H groups in total. The van der Waals surface area contributed by atoms with Gasteiger partial charge in [-0.1, -0.05) is 11.8 Å². The maximum absolute atomic E-state index is 12.2. The van der Waals surface area contributed by atoms with Crippen LogP contribution in [0.3, 0.4) is 0 Å². The van der Waals surface area contributed by atoms with Crippen LogP contribution in [-0.4, -0.2) is 53.5 Å². The molecule has 146 valence electrons. The number of hydrogen-bond donors (Lipinski definition) is 3. The number of nitrogens with one attached hydrogen (secondary N) is 2. The Labute approximate surface area is 161 Å². The molecule has 27 heavy (non-hydrogen) atoms. The molecule has 0 aliphatic rings. The molecule has 0 atom stereocenters. The number of imidazole rings is 1. The van der Waals surface area contributed by atoms with E-state index in [0.29, 0.717) is 28.0 Å². The van der Waals surface area contributed by atoms with Crippen molar-refractivity contribution >= 4 is 29.3 Å². The molecule has 0 unspecified atom stereocenters. The van der Waals surface area contributed by atoms with E-state index in [1.54, 1.807) is 22.8 Å². The maximum Gasteiger partial charge on any atom is 0.239 e. The Bertz CT molecular complexity index is 809. The van der Waals surface area contributed by atoms with Gasteiger partial charge in [-0.25, -0.2) is 4.98 Å². The Balaban J connectivity index is 2.01. The lowest BCUT2D eigenvalue weighted by molar-refractivity contribution is -0.121. The summed E-state index contributed by atoms with van der Waals surface area (Å²) in [5.41, 5.74) is 1.07. The molecule has 2 amide bonds. The van der Waals surface area contributed by atoms with Gasteiger partial charge in [0.15, 0.2) is 16.7 Å². The summed E-state index contributed by atoms with van der Waals surface area (Å²) in [5, 5.41) is 15.1. The minimum absolute atomic E-state index is 0.0199. The summed E-state index contributed by atoms with van der Waals surface area (Å²) in [6.07, 6.45) is 1.48. The number of aliphatic hydroxyl groups excluding tert-OH is 1. The fraction of sp³-hybridized carbons (Fsp3) is 0.353. The number of amides is 2. The number of benzene rings is 1. The largest absolute Gasteiger partial charge is 0.493 e. The summed E-state index contributed by atoms with van der Waals surface area (Å²) in [4.78, 5) is 28.0. The number of thioether (sulfide) groups is 1. The minimum Gasteiger partial charge on any atom is -0.493 e. The summed E-state index contributed by atoms with van der Waals surface area (Å²) in [6.45, 7) is -0.228. The summed E-state index contributed by atoms with van der Waals surface area (Å²) in [6, 6.07) is 5.07. The molecule has 1 heterocycles. The van der Waals surface area contributed by atoms with E-state index in [-0.39, 0.29) is 30.7 Å². The lowest BCUT2D eigenvalue weighted by Crippen LogP contribution is -2.25. The van der Waals surface area contributed by atoms with Gasteiger partial charge in [-0.05, 0) is 12.1 Å². The summed E-state index contributed by atoms with van der Waals surface area (Å²) >= 11 is 1.17. The molecule has 2 aromatic rings. The highest BCUT2D eigenvalue weighted by Crippen LogP contribution is 2.30. The number of rotatable bonds is 9. The first-order valence-corrected chi connectivity index (χ1v) is 9.01. The average molecular weight is 394 g/mol. The number of likely N-dealkylation sites (N-methyl/N-ethyl adjacent to an activating group) is 1. The Morgan fingerprint density at radius 3 is 2.59 bits per heavy atom. The van der Waals surface area contributed by atoms with Gasteiger partial charge in [0.2, 0.25) is 11.8 Å². The normalized spacial score (nSPS) is 10.4. The highest BCUT2D eigenvalue weighted by atomic mass is 32.2. The number of methoxy groups -OCH3 is 2. The predicted molar refractivity (Wildman–Crippen MR) is 101 cm³/mol. The van der Waals surface area contributed by atoms with Gasteiger partial charge in [-0.2, -0.15) is 0 Å². The highest BCUT2D eigenvalue weighted by molar-refractivity contribution is 7.99. The third-order valence-corrected chi connectivity index (χ3v) is 4.63. The molecule has 0 radical (unpaired) electrons. The van der Waals surface area contributed by atoms with E-state index in [4.69, 9.17) is 9.47 Å². The van der Waals surface area contributed by atoms with Gasteiger partial charge in [0, 0.05) is 18.8 Å². The van der Waals surface area contributed by atoms with E-state index in [1.807, 2.05) is 0 Å². The number of hydrogen-bond acceptors (Lipinski definition) is 7. The predicted octanol–water partition coefficient (Wildman–Crippen LogP) is 0.869. The van der Waals surface area contributed by atoms with E-state index >= 15 is 0 Å². The first-order chi connectivity index (χ1) is 13.0. The number of nitrogens with zero attached hydrogens (tertiary/aromatic N) is 2. The van der Waals surface area contributed by atoms with Gasteiger partial charge in [0.05, 0.1) is 38.5 Å². The molecule has 10 heteroatoms. The van der Waals surface area contributed by atoms with Gasteiger partial charge in [-0.3, -0.25) is 9.59 Å². The molecular weight excluding hydrogens is 372 g/mol. The fourth-order valence-corrected chi connectivity index (χ4v) is 3.06.